The van der Waals surface area contributed by atoms with Gasteiger partial charge in [0, 0.05) is 5.75 Å². The van der Waals surface area contributed by atoms with Gasteiger partial charge in [-0.25, -0.2) is 9.37 Å². The third-order valence-electron chi connectivity index (χ3n) is 4.29. The van der Waals surface area contributed by atoms with Crippen LogP contribution < -0.4 is 5.56 Å². The molecule has 27 heavy (non-hydrogen) atoms. The van der Waals surface area contributed by atoms with Crippen LogP contribution in [0.5, 0.6) is 0 Å². The van der Waals surface area contributed by atoms with Gasteiger partial charge >= 0.3 is 0 Å². The molecule has 0 radical (unpaired) electrons. The lowest BCUT2D eigenvalue weighted by molar-refractivity contribution is 0.626. The summed E-state index contributed by atoms with van der Waals surface area (Å²) >= 11 is 1.42. The van der Waals surface area contributed by atoms with Gasteiger partial charge in [-0.15, -0.1) is 0 Å². The maximum atomic E-state index is 13.5. The Bertz CT molecular complexity index is 1170. The van der Waals surface area contributed by atoms with Gasteiger partial charge in [0.25, 0.3) is 5.56 Å². The average Bonchev–Trinajstić information content (AvgIpc) is 2.68. The zero-order valence-electron chi connectivity index (χ0n) is 14.7. The molecule has 0 saturated carbocycles. The Balaban J connectivity index is 1.83. The minimum Gasteiger partial charge on any atom is -0.268 e. The van der Waals surface area contributed by atoms with E-state index in [0.29, 0.717) is 21.8 Å². The first-order valence-corrected chi connectivity index (χ1v) is 9.56. The zero-order chi connectivity index (χ0) is 18.8. The predicted octanol–water partition coefficient (Wildman–Crippen LogP) is 5.13. The fraction of sp³-hybridized carbons (Fsp3) is 0.0909. The van der Waals surface area contributed by atoms with E-state index in [4.69, 9.17) is 4.98 Å². The van der Waals surface area contributed by atoms with Crippen molar-refractivity contribution >= 4 is 22.7 Å². The third kappa shape index (κ3) is 3.64. The van der Waals surface area contributed by atoms with Crippen LogP contribution in [0.15, 0.2) is 82.7 Å². The fourth-order valence-electron chi connectivity index (χ4n) is 2.91. The molecular weight excluding hydrogens is 359 g/mol. The number of rotatable bonds is 4. The lowest BCUT2D eigenvalue weighted by Gasteiger charge is -2.13. The molecule has 0 spiro atoms. The van der Waals surface area contributed by atoms with Crippen LogP contribution in [0.3, 0.4) is 0 Å². The highest BCUT2D eigenvalue weighted by Gasteiger charge is 2.13. The van der Waals surface area contributed by atoms with Crippen molar-refractivity contribution in [2.24, 2.45) is 0 Å². The molecule has 3 aromatic carbocycles. The monoisotopic (exact) mass is 376 g/mol. The van der Waals surface area contributed by atoms with Gasteiger partial charge in [-0.2, -0.15) is 0 Å². The number of halogens is 1. The van der Waals surface area contributed by atoms with Gasteiger partial charge in [-0.1, -0.05) is 53.7 Å². The van der Waals surface area contributed by atoms with Crippen molar-refractivity contribution in [3.05, 3.63) is 100 Å². The van der Waals surface area contributed by atoms with E-state index in [-0.39, 0.29) is 11.4 Å². The highest BCUT2D eigenvalue weighted by atomic mass is 32.2. The molecule has 4 rings (SSSR count). The van der Waals surface area contributed by atoms with Crippen molar-refractivity contribution in [3.8, 4) is 5.69 Å². The molecule has 0 atom stereocenters. The van der Waals surface area contributed by atoms with E-state index in [1.165, 1.54) is 23.9 Å². The Labute approximate surface area is 160 Å². The highest BCUT2D eigenvalue weighted by molar-refractivity contribution is 7.98. The summed E-state index contributed by atoms with van der Waals surface area (Å²) in [4.78, 5) is 17.9. The van der Waals surface area contributed by atoms with Gasteiger partial charge in [0.05, 0.1) is 16.6 Å². The van der Waals surface area contributed by atoms with Crippen LogP contribution in [0, 0.1) is 12.7 Å². The molecule has 3 nitrogen and oxygen atoms in total. The predicted molar refractivity (Wildman–Crippen MR) is 108 cm³/mol. The molecule has 134 valence electrons. The summed E-state index contributed by atoms with van der Waals surface area (Å²) in [7, 11) is 0. The molecule has 5 heteroatoms. The van der Waals surface area contributed by atoms with E-state index in [1.807, 2.05) is 55.5 Å². The number of para-hydroxylation sites is 1. The molecule has 0 saturated heterocycles. The standard InChI is InChI=1S/C22H17FN2OS/c1-15-9-11-18(12-10-15)25-21(26)19-7-2-3-8-20(19)24-22(25)27-14-16-5-4-6-17(23)13-16/h2-13H,14H2,1H3. The average molecular weight is 376 g/mol. The molecule has 0 aliphatic heterocycles. The number of aryl methyl sites for hydroxylation is 1. The molecule has 1 aromatic heterocycles. The zero-order valence-corrected chi connectivity index (χ0v) is 15.5. The molecule has 0 aliphatic rings. The van der Waals surface area contributed by atoms with Gasteiger partial charge in [-0.3, -0.25) is 9.36 Å². The summed E-state index contributed by atoms with van der Waals surface area (Å²) in [5.41, 5.74) is 3.29. The number of hydrogen-bond acceptors (Lipinski definition) is 3. The van der Waals surface area contributed by atoms with Gasteiger partial charge in [0.1, 0.15) is 5.82 Å². The number of nitrogens with zero attached hydrogens (tertiary/aromatic N) is 2. The third-order valence-corrected chi connectivity index (χ3v) is 5.30. The van der Waals surface area contributed by atoms with Crippen molar-refractivity contribution in [2.75, 3.05) is 0 Å². The maximum Gasteiger partial charge on any atom is 0.266 e. The first-order valence-electron chi connectivity index (χ1n) is 8.58. The van der Waals surface area contributed by atoms with Crippen LogP contribution in [0.4, 0.5) is 4.39 Å². The second kappa shape index (κ2) is 7.37. The number of benzene rings is 3. The molecular formula is C22H17FN2OS. The molecule has 0 aliphatic carbocycles. The lowest BCUT2D eigenvalue weighted by atomic mass is 10.2. The molecule has 0 fully saturated rings. The van der Waals surface area contributed by atoms with Gasteiger partial charge in [0.15, 0.2) is 5.16 Å². The first-order chi connectivity index (χ1) is 13.1. The van der Waals surface area contributed by atoms with E-state index < -0.39 is 0 Å². The van der Waals surface area contributed by atoms with E-state index >= 15 is 0 Å². The van der Waals surface area contributed by atoms with Crippen LogP contribution in [-0.2, 0) is 5.75 Å². The highest BCUT2D eigenvalue weighted by Crippen LogP contribution is 2.25. The summed E-state index contributed by atoms with van der Waals surface area (Å²) in [5, 5.41) is 1.17. The first kappa shape index (κ1) is 17.5. The lowest BCUT2D eigenvalue weighted by Crippen LogP contribution is -2.21. The smallest absolute Gasteiger partial charge is 0.266 e. The Kier molecular flexibility index (Phi) is 4.77. The largest absolute Gasteiger partial charge is 0.268 e. The minimum atomic E-state index is -0.268. The Morgan fingerprint density at radius 2 is 1.78 bits per heavy atom. The second-order valence-corrected chi connectivity index (χ2v) is 7.25. The van der Waals surface area contributed by atoms with Crippen molar-refractivity contribution in [1.29, 1.82) is 0 Å². The molecule has 4 aromatic rings. The van der Waals surface area contributed by atoms with E-state index in [2.05, 4.69) is 0 Å². The fourth-order valence-corrected chi connectivity index (χ4v) is 3.86. The summed E-state index contributed by atoms with van der Waals surface area (Å²) in [5.74, 6) is 0.254. The van der Waals surface area contributed by atoms with Crippen LogP contribution in [-0.4, -0.2) is 9.55 Å². The second-order valence-electron chi connectivity index (χ2n) is 6.31. The minimum absolute atomic E-state index is 0.105. The number of fused-ring (bicyclic) bond motifs is 1. The van der Waals surface area contributed by atoms with E-state index in [0.717, 1.165) is 16.8 Å². The summed E-state index contributed by atoms with van der Waals surface area (Å²) < 4.78 is 15.1. The van der Waals surface area contributed by atoms with Gasteiger partial charge in [-0.05, 0) is 48.9 Å². The van der Waals surface area contributed by atoms with Crippen LogP contribution >= 0.6 is 11.8 Å². The summed E-state index contributed by atoms with van der Waals surface area (Å²) in [6, 6.07) is 21.6. The van der Waals surface area contributed by atoms with Crippen molar-refractivity contribution in [1.82, 2.24) is 9.55 Å². The Morgan fingerprint density at radius 1 is 1.00 bits per heavy atom. The molecule has 0 unspecified atom stereocenters. The van der Waals surface area contributed by atoms with Gasteiger partial charge < -0.3 is 0 Å². The van der Waals surface area contributed by atoms with E-state index in [1.54, 1.807) is 16.7 Å². The number of hydrogen-bond donors (Lipinski definition) is 0. The Morgan fingerprint density at radius 3 is 2.56 bits per heavy atom. The molecule has 0 amide bonds. The molecule has 0 bridgehead atoms. The van der Waals surface area contributed by atoms with Crippen LogP contribution in [0.1, 0.15) is 11.1 Å². The molecule has 0 N–H and O–H groups in total. The van der Waals surface area contributed by atoms with Crippen LogP contribution in [0.2, 0.25) is 0 Å². The van der Waals surface area contributed by atoms with Gasteiger partial charge in [0.2, 0.25) is 0 Å². The number of aromatic nitrogens is 2. The van der Waals surface area contributed by atoms with Crippen molar-refractivity contribution < 1.29 is 4.39 Å². The van der Waals surface area contributed by atoms with E-state index in [9.17, 15) is 9.18 Å². The van der Waals surface area contributed by atoms with Crippen molar-refractivity contribution in [2.45, 2.75) is 17.8 Å². The van der Waals surface area contributed by atoms with Crippen LogP contribution in [0.25, 0.3) is 16.6 Å². The Hall–Kier alpha value is -2.92. The number of thioether (sulfide) groups is 1. The summed E-state index contributed by atoms with van der Waals surface area (Å²) in [6.45, 7) is 2.00. The quantitative estimate of drug-likeness (QED) is 0.366. The normalized spacial score (nSPS) is 11.0. The van der Waals surface area contributed by atoms with Crippen molar-refractivity contribution in [3.63, 3.8) is 0 Å². The molecule has 1 heterocycles. The topological polar surface area (TPSA) is 34.9 Å². The SMILES string of the molecule is Cc1ccc(-n2c(SCc3cccc(F)c3)nc3ccccc3c2=O)cc1. The maximum absolute atomic E-state index is 13.5. The summed E-state index contributed by atoms with van der Waals surface area (Å²) in [6.07, 6.45) is 0.